The van der Waals surface area contributed by atoms with E-state index in [-0.39, 0.29) is 11.9 Å². The predicted octanol–water partition coefficient (Wildman–Crippen LogP) is 3.04. The van der Waals surface area contributed by atoms with Gasteiger partial charge in [-0.05, 0) is 43.2 Å². The van der Waals surface area contributed by atoms with Gasteiger partial charge < -0.3 is 10.6 Å². The summed E-state index contributed by atoms with van der Waals surface area (Å²) in [4.78, 5) is 14.7. The van der Waals surface area contributed by atoms with E-state index < -0.39 is 6.04 Å². The first kappa shape index (κ1) is 16.7. The van der Waals surface area contributed by atoms with Gasteiger partial charge in [0.25, 0.3) is 0 Å². The molecule has 1 aliphatic rings. The molecular formula is C21H26N2O. The van der Waals surface area contributed by atoms with Crippen LogP contribution in [0.3, 0.4) is 0 Å². The minimum atomic E-state index is -0.453. The van der Waals surface area contributed by atoms with Gasteiger partial charge in [0.15, 0.2) is 0 Å². The fraction of sp³-hybridized carbons (Fsp3) is 0.381. The largest absolute Gasteiger partial charge is 0.338 e. The van der Waals surface area contributed by atoms with E-state index in [0.717, 1.165) is 24.9 Å². The fourth-order valence-corrected chi connectivity index (χ4v) is 3.67. The number of nitrogens with zero attached hydrogens (tertiary/aromatic N) is 1. The molecule has 24 heavy (non-hydrogen) atoms. The molecule has 1 saturated heterocycles. The number of rotatable bonds is 5. The highest BCUT2D eigenvalue weighted by Gasteiger charge is 2.35. The van der Waals surface area contributed by atoms with Gasteiger partial charge in [0, 0.05) is 12.6 Å². The maximum atomic E-state index is 12.8. The van der Waals surface area contributed by atoms with Crippen LogP contribution >= 0.6 is 0 Å². The van der Waals surface area contributed by atoms with Gasteiger partial charge in [-0.25, -0.2) is 0 Å². The Bertz CT molecular complexity index is 656. The lowest BCUT2D eigenvalue weighted by atomic mass is 9.93. The van der Waals surface area contributed by atoms with Crippen LogP contribution in [0.2, 0.25) is 0 Å². The van der Waals surface area contributed by atoms with Crippen LogP contribution in [0.1, 0.15) is 24.5 Å². The van der Waals surface area contributed by atoms with E-state index in [1.54, 1.807) is 0 Å². The molecular weight excluding hydrogens is 296 g/mol. The number of likely N-dealkylation sites (tertiary alicyclic amines) is 1. The monoisotopic (exact) mass is 322 g/mol. The van der Waals surface area contributed by atoms with Gasteiger partial charge >= 0.3 is 0 Å². The van der Waals surface area contributed by atoms with Crippen LogP contribution in [0.15, 0.2) is 60.7 Å². The molecule has 0 aliphatic carbocycles. The minimum absolute atomic E-state index is 0.0851. The third kappa shape index (κ3) is 3.85. The summed E-state index contributed by atoms with van der Waals surface area (Å²) in [5.41, 5.74) is 8.66. The second-order valence-electron chi connectivity index (χ2n) is 6.81. The lowest BCUT2D eigenvalue weighted by Crippen LogP contribution is -2.47. The Morgan fingerprint density at radius 2 is 1.67 bits per heavy atom. The number of benzene rings is 2. The average molecular weight is 322 g/mol. The van der Waals surface area contributed by atoms with Crippen molar-refractivity contribution in [1.82, 2.24) is 4.90 Å². The van der Waals surface area contributed by atoms with E-state index in [2.05, 4.69) is 31.2 Å². The highest BCUT2D eigenvalue weighted by atomic mass is 16.2. The zero-order valence-corrected chi connectivity index (χ0v) is 14.3. The van der Waals surface area contributed by atoms with Crippen LogP contribution in [0.4, 0.5) is 0 Å². The van der Waals surface area contributed by atoms with Crippen molar-refractivity contribution in [2.45, 2.75) is 38.3 Å². The van der Waals surface area contributed by atoms with E-state index in [1.807, 2.05) is 41.3 Å². The van der Waals surface area contributed by atoms with E-state index in [1.165, 1.54) is 5.56 Å². The maximum Gasteiger partial charge on any atom is 0.240 e. The molecule has 126 valence electrons. The first-order chi connectivity index (χ1) is 11.6. The van der Waals surface area contributed by atoms with Crippen molar-refractivity contribution < 1.29 is 4.79 Å². The molecule has 2 aromatic rings. The van der Waals surface area contributed by atoms with Gasteiger partial charge in [-0.1, -0.05) is 60.7 Å². The number of nitrogens with two attached hydrogens (primary N) is 1. The summed E-state index contributed by atoms with van der Waals surface area (Å²) in [5.74, 6) is 0.599. The van der Waals surface area contributed by atoms with Crippen molar-refractivity contribution in [3.63, 3.8) is 0 Å². The first-order valence-electron chi connectivity index (χ1n) is 8.79. The van der Waals surface area contributed by atoms with Crippen LogP contribution in [0.5, 0.6) is 0 Å². The summed E-state index contributed by atoms with van der Waals surface area (Å²) in [7, 11) is 0. The second kappa shape index (κ2) is 7.63. The van der Waals surface area contributed by atoms with Crippen LogP contribution in [-0.2, 0) is 17.6 Å². The Kier molecular flexibility index (Phi) is 5.31. The quantitative estimate of drug-likeness (QED) is 0.920. The third-order valence-electron chi connectivity index (χ3n) is 5.15. The van der Waals surface area contributed by atoms with Crippen molar-refractivity contribution in [3.05, 3.63) is 71.8 Å². The number of hydrogen-bond donors (Lipinski definition) is 1. The zero-order chi connectivity index (χ0) is 16.9. The Hall–Kier alpha value is -2.13. The van der Waals surface area contributed by atoms with Crippen LogP contribution in [-0.4, -0.2) is 29.4 Å². The highest BCUT2D eigenvalue weighted by molar-refractivity contribution is 5.82. The maximum absolute atomic E-state index is 12.8. The number of carbonyl (C=O) groups excluding carboxylic acids is 1. The molecule has 0 saturated carbocycles. The number of hydrogen-bond acceptors (Lipinski definition) is 2. The molecule has 3 rings (SSSR count). The van der Waals surface area contributed by atoms with Crippen LogP contribution in [0, 0.1) is 5.92 Å². The highest BCUT2D eigenvalue weighted by Crippen LogP contribution is 2.28. The molecule has 1 amide bonds. The molecule has 0 spiro atoms. The molecule has 0 radical (unpaired) electrons. The molecule has 0 aromatic heterocycles. The van der Waals surface area contributed by atoms with Gasteiger partial charge in [0.2, 0.25) is 5.91 Å². The Balaban J connectivity index is 1.59. The zero-order valence-electron chi connectivity index (χ0n) is 14.3. The third-order valence-corrected chi connectivity index (χ3v) is 5.15. The summed E-state index contributed by atoms with van der Waals surface area (Å²) in [6, 6.07) is 20.3. The number of amides is 1. The van der Waals surface area contributed by atoms with Crippen molar-refractivity contribution in [2.24, 2.45) is 11.7 Å². The van der Waals surface area contributed by atoms with Gasteiger partial charge in [0.05, 0.1) is 6.04 Å². The molecule has 3 atom stereocenters. The van der Waals surface area contributed by atoms with Crippen molar-refractivity contribution in [2.75, 3.05) is 6.54 Å². The van der Waals surface area contributed by atoms with Gasteiger partial charge in [-0.15, -0.1) is 0 Å². The van der Waals surface area contributed by atoms with Crippen molar-refractivity contribution in [3.8, 4) is 0 Å². The first-order valence-corrected chi connectivity index (χ1v) is 8.79. The molecule has 3 heteroatoms. The molecule has 1 fully saturated rings. The fourth-order valence-electron chi connectivity index (χ4n) is 3.67. The molecule has 2 unspecified atom stereocenters. The molecule has 0 bridgehead atoms. The predicted molar refractivity (Wildman–Crippen MR) is 97.5 cm³/mol. The molecule has 2 N–H and O–H groups in total. The minimum Gasteiger partial charge on any atom is -0.338 e. The molecule has 3 nitrogen and oxygen atoms in total. The normalized spacial score (nSPS) is 21.7. The van der Waals surface area contributed by atoms with Gasteiger partial charge in [0.1, 0.15) is 0 Å². The lowest BCUT2D eigenvalue weighted by molar-refractivity contribution is -0.133. The van der Waals surface area contributed by atoms with E-state index >= 15 is 0 Å². The topological polar surface area (TPSA) is 46.3 Å². The summed E-state index contributed by atoms with van der Waals surface area (Å²) >= 11 is 0. The van der Waals surface area contributed by atoms with E-state index in [9.17, 15) is 4.79 Å². The Labute approximate surface area is 144 Å². The smallest absolute Gasteiger partial charge is 0.240 e. The van der Waals surface area contributed by atoms with E-state index in [4.69, 9.17) is 5.73 Å². The van der Waals surface area contributed by atoms with Crippen LogP contribution in [0.25, 0.3) is 0 Å². The molecule has 1 aliphatic heterocycles. The summed E-state index contributed by atoms with van der Waals surface area (Å²) < 4.78 is 0. The van der Waals surface area contributed by atoms with Gasteiger partial charge in [-0.3, -0.25) is 4.79 Å². The SMILES string of the molecule is CC1C(Cc2ccccc2)CCN1C(=O)[C@@H](N)Cc1ccccc1. The van der Waals surface area contributed by atoms with Crippen molar-refractivity contribution >= 4 is 5.91 Å². The Morgan fingerprint density at radius 3 is 2.29 bits per heavy atom. The van der Waals surface area contributed by atoms with Crippen molar-refractivity contribution in [1.29, 1.82) is 0 Å². The summed E-state index contributed by atoms with van der Waals surface area (Å²) in [6.07, 6.45) is 2.69. The average Bonchev–Trinajstić information content (AvgIpc) is 2.96. The van der Waals surface area contributed by atoms with Crippen LogP contribution < -0.4 is 5.73 Å². The summed E-state index contributed by atoms with van der Waals surface area (Å²) in [6.45, 7) is 2.98. The second-order valence-corrected chi connectivity index (χ2v) is 6.81. The summed E-state index contributed by atoms with van der Waals surface area (Å²) in [5, 5.41) is 0. The Morgan fingerprint density at radius 1 is 1.08 bits per heavy atom. The standard InChI is InChI=1S/C21H26N2O/c1-16-19(14-17-8-4-2-5-9-17)12-13-23(16)21(24)20(22)15-18-10-6-3-7-11-18/h2-11,16,19-20H,12-15,22H2,1H3/t16?,19?,20-/m0/s1. The van der Waals surface area contributed by atoms with E-state index in [0.29, 0.717) is 12.3 Å². The molecule has 1 heterocycles. The number of carbonyl (C=O) groups is 1. The molecule has 2 aromatic carbocycles. The van der Waals surface area contributed by atoms with Gasteiger partial charge in [-0.2, -0.15) is 0 Å². The lowest BCUT2D eigenvalue weighted by Gasteiger charge is -2.27.